The number of nitrogens with two attached hydrogens (primary N) is 1. The van der Waals surface area contributed by atoms with Crippen molar-refractivity contribution in [3.63, 3.8) is 0 Å². The van der Waals surface area contributed by atoms with E-state index in [-0.39, 0.29) is 18.0 Å². The molecule has 0 fully saturated rings. The summed E-state index contributed by atoms with van der Waals surface area (Å²) in [5.41, 5.74) is 6.64. The predicted octanol–water partition coefficient (Wildman–Crippen LogP) is 0.467. The van der Waals surface area contributed by atoms with E-state index < -0.39 is 5.97 Å². The molecule has 0 aromatic heterocycles. The lowest BCUT2D eigenvalue weighted by atomic mass is 10.1. The first-order chi connectivity index (χ1) is 7.91. The normalized spacial score (nSPS) is 9.76. The fourth-order valence-corrected chi connectivity index (χ4v) is 1.17. The molecule has 0 radical (unpaired) electrons. The highest BCUT2D eigenvalue weighted by molar-refractivity contribution is 5.91. The second-order valence-corrected chi connectivity index (χ2v) is 3.75. The third-order valence-electron chi connectivity index (χ3n) is 2.23. The lowest BCUT2D eigenvalue weighted by Gasteiger charge is -2.13. The maximum absolute atomic E-state index is 11.4. The molecule has 0 bridgehead atoms. The molecule has 0 heterocycles. The summed E-state index contributed by atoms with van der Waals surface area (Å²) < 4.78 is 0. The van der Waals surface area contributed by atoms with Crippen LogP contribution in [-0.2, 0) is 4.79 Å². The van der Waals surface area contributed by atoms with Crippen LogP contribution in [0.2, 0.25) is 0 Å². The number of amides is 1. The van der Waals surface area contributed by atoms with Crippen LogP contribution in [0.1, 0.15) is 10.4 Å². The lowest BCUT2D eigenvalue weighted by molar-refractivity contribution is -0.126. The van der Waals surface area contributed by atoms with Gasteiger partial charge in [-0.2, -0.15) is 0 Å². The quantitative estimate of drug-likeness (QED) is 0.661. The number of likely N-dealkylation sites (N-methyl/N-ethyl adjacent to an activating group) is 1. The van der Waals surface area contributed by atoms with Crippen LogP contribution in [0.25, 0.3) is 0 Å². The number of carboxylic acids is 1. The molecule has 92 valence electrons. The van der Waals surface area contributed by atoms with E-state index in [1.54, 1.807) is 14.1 Å². The van der Waals surface area contributed by atoms with Gasteiger partial charge in [0.2, 0.25) is 5.91 Å². The Morgan fingerprint density at radius 1 is 1.41 bits per heavy atom. The van der Waals surface area contributed by atoms with Crippen molar-refractivity contribution in [2.45, 2.75) is 0 Å². The van der Waals surface area contributed by atoms with Gasteiger partial charge in [0.05, 0.1) is 23.5 Å². The minimum Gasteiger partial charge on any atom is -0.478 e. The average molecular weight is 237 g/mol. The van der Waals surface area contributed by atoms with Crippen molar-refractivity contribution >= 4 is 23.3 Å². The molecule has 6 nitrogen and oxygen atoms in total. The maximum atomic E-state index is 11.4. The number of rotatable bonds is 4. The van der Waals surface area contributed by atoms with Crippen molar-refractivity contribution in [1.82, 2.24) is 4.90 Å². The van der Waals surface area contributed by atoms with E-state index in [4.69, 9.17) is 10.8 Å². The number of aromatic carboxylic acids is 1. The highest BCUT2D eigenvalue weighted by atomic mass is 16.4. The first-order valence-electron chi connectivity index (χ1n) is 4.98. The summed E-state index contributed by atoms with van der Waals surface area (Å²) in [6.07, 6.45) is 0. The smallest absolute Gasteiger partial charge is 0.335 e. The number of hydrogen-bond acceptors (Lipinski definition) is 4. The molecule has 1 amide bonds. The van der Waals surface area contributed by atoms with E-state index in [2.05, 4.69) is 5.32 Å². The van der Waals surface area contributed by atoms with Crippen molar-refractivity contribution < 1.29 is 14.7 Å². The number of carboxylic acid groups (broad SMARTS) is 1. The van der Waals surface area contributed by atoms with Gasteiger partial charge in [-0.25, -0.2) is 4.79 Å². The summed E-state index contributed by atoms with van der Waals surface area (Å²) in [6.45, 7) is 0.0697. The maximum Gasteiger partial charge on any atom is 0.335 e. The molecule has 0 aliphatic heterocycles. The molecule has 1 rings (SSSR count). The Morgan fingerprint density at radius 3 is 2.59 bits per heavy atom. The van der Waals surface area contributed by atoms with Gasteiger partial charge < -0.3 is 21.1 Å². The number of carbonyl (C=O) groups excluding carboxylic acids is 1. The van der Waals surface area contributed by atoms with Gasteiger partial charge >= 0.3 is 5.97 Å². The Morgan fingerprint density at radius 2 is 2.06 bits per heavy atom. The number of benzene rings is 1. The molecule has 4 N–H and O–H groups in total. The molecule has 0 saturated heterocycles. The molecular weight excluding hydrogens is 222 g/mol. The topological polar surface area (TPSA) is 95.7 Å². The van der Waals surface area contributed by atoms with E-state index in [0.29, 0.717) is 11.4 Å². The summed E-state index contributed by atoms with van der Waals surface area (Å²) in [5.74, 6) is -1.16. The van der Waals surface area contributed by atoms with Crippen LogP contribution in [0.15, 0.2) is 18.2 Å². The number of nitrogens with zero attached hydrogens (tertiary/aromatic N) is 1. The van der Waals surface area contributed by atoms with Gasteiger partial charge in [-0.3, -0.25) is 4.79 Å². The first-order valence-corrected chi connectivity index (χ1v) is 4.98. The van der Waals surface area contributed by atoms with Crippen molar-refractivity contribution in [2.24, 2.45) is 0 Å². The number of carbonyl (C=O) groups is 2. The molecule has 0 spiro atoms. The predicted molar refractivity (Wildman–Crippen MR) is 65.0 cm³/mol. The Bertz CT molecular complexity index is 444. The first kappa shape index (κ1) is 12.8. The largest absolute Gasteiger partial charge is 0.478 e. The summed E-state index contributed by atoms with van der Waals surface area (Å²) in [7, 11) is 3.28. The zero-order chi connectivity index (χ0) is 13.0. The fourth-order valence-electron chi connectivity index (χ4n) is 1.17. The lowest BCUT2D eigenvalue weighted by Crippen LogP contribution is -2.28. The molecule has 1 aromatic rings. The zero-order valence-corrected chi connectivity index (χ0v) is 9.73. The van der Waals surface area contributed by atoms with E-state index in [9.17, 15) is 9.59 Å². The van der Waals surface area contributed by atoms with Crippen molar-refractivity contribution in [3.05, 3.63) is 23.8 Å². The van der Waals surface area contributed by atoms with Gasteiger partial charge in [-0.15, -0.1) is 0 Å². The summed E-state index contributed by atoms with van der Waals surface area (Å²) in [6, 6.07) is 4.31. The summed E-state index contributed by atoms with van der Waals surface area (Å²) in [4.78, 5) is 23.6. The number of anilines is 2. The van der Waals surface area contributed by atoms with Gasteiger partial charge in [-0.05, 0) is 18.2 Å². The van der Waals surface area contributed by atoms with Crippen molar-refractivity contribution in [2.75, 3.05) is 31.7 Å². The Kier molecular flexibility index (Phi) is 3.92. The standard InChI is InChI=1S/C11H15N3O3/c1-14(2)10(15)6-13-9-5-7(11(16)17)3-4-8(9)12/h3-5,13H,6,12H2,1-2H3,(H,16,17). The Balaban J connectivity index is 2.80. The molecule has 0 aliphatic carbocycles. The molecule has 6 heteroatoms. The van der Waals surface area contributed by atoms with Crippen LogP contribution in [0, 0.1) is 0 Å². The van der Waals surface area contributed by atoms with Gasteiger partial charge in [0.25, 0.3) is 0 Å². The molecule has 0 unspecified atom stereocenters. The van der Waals surface area contributed by atoms with Crippen LogP contribution in [0.4, 0.5) is 11.4 Å². The third-order valence-corrected chi connectivity index (χ3v) is 2.23. The van der Waals surface area contributed by atoms with Crippen LogP contribution in [0.5, 0.6) is 0 Å². The minimum atomic E-state index is -1.04. The molecule has 0 aliphatic rings. The second-order valence-electron chi connectivity index (χ2n) is 3.75. The zero-order valence-electron chi connectivity index (χ0n) is 9.73. The third kappa shape index (κ3) is 3.37. The van der Waals surface area contributed by atoms with Crippen LogP contribution < -0.4 is 11.1 Å². The highest BCUT2D eigenvalue weighted by Gasteiger charge is 2.08. The number of nitrogens with one attached hydrogen (secondary N) is 1. The Hall–Kier alpha value is -2.24. The van der Waals surface area contributed by atoms with Crippen LogP contribution in [0.3, 0.4) is 0 Å². The van der Waals surface area contributed by atoms with Crippen molar-refractivity contribution in [3.8, 4) is 0 Å². The summed E-state index contributed by atoms with van der Waals surface area (Å²) in [5, 5.41) is 11.6. The molecule has 17 heavy (non-hydrogen) atoms. The Labute approximate surface area is 99.0 Å². The molecular formula is C11H15N3O3. The van der Waals surface area contributed by atoms with E-state index in [1.165, 1.54) is 23.1 Å². The van der Waals surface area contributed by atoms with Crippen LogP contribution in [-0.4, -0.2) is 42.5 Å². The van der Waals surface area contributed by atoms with Gasteiger partial charge in [0.1, 0.15) is 0 Å². The number of nitrogen functional groups attached to an aromatic ring is 1. The summed E-state index contributed by atoms with van der Waals surface area (Å²) >= 11 is 0. The minimum absolute atomic E-state index is 0.0697. The van der Waals surface area contributed by atoms with E-state index >= 15 is 0 Å². The molecule has 1 aromatic carbocycles. The van der Waals surface area contributed by atoms with Gasteiger partial charge in [0.15, 0.2) is 0 Å². The van der Waals surface area contributed by atoms with E-state index in [1.807, 2.05) is 0 Å². The van der Waals surface area contributed by atoms with E-state index in [0.717, 1.165) is 0 Å². The average Bonchev–Trinajstić information content (AvgIpc) is 2.26. The number of hydrogen-bond donors (Lipinski definition) is 3. The molecule has 0 saturated carbocycles. The fraction of sp³-hybridized carbons (Fsp3) is 0.273. The van der Waals surface area contributed by atoms with Gasteiger partial charge in [0, 0.05) is 14.1 Å². The highest BCUT2D eigenvalue weighted by Crippen LogP contribution is 2.19. The monoisotopic (exact) mass is 237 g/mol. The van der Waals surface area contributed by atoms with Gasteiger partial charge in [-0.1, -0.05) is 0 Å². The van der Waals surface area contributed by atoms with Crippen LogP contribution >= 0.6 is 0 Å². The molecule has 0 atom stereocenters. The second kappa shape index (κ2) is 5.20. The SMILES string of the molecule is CN(C)C(=O)CNc1cc(C(=O)O)ccc1N. The van der Waals surface area contributed by atoms with Crippen molar-refractivity contribution in [1.29, 1.82) is 0 Å².